The summed E-state index contributed by atoms with van der Waals surface area (Å²) < 4.78 is 23.4. The number of aryl methyl sites for hydroxylation is 1. The van der Waals surface area contributed by atoms with Gasteiger partial charge in [0.1, 0.15) is 0 Å². The number of anilines is 1. The van der Waals surface area contributed by atoms with Crippen LogP contribution in [-0.4, -0.2) is 44.0 Å². The van der Waals surface area contributed by atoms with Crippen molar-refractivity contribution in [1.29, 1.82) is 0 Å². The summed E-state index contributed by atoms with van der Waals surface area (Å²) in [7, 11) is -3.05. The predicted octanol–water partition coefficient (Wildman–Crippen LogP) is 2.52. The SMILES string of the molecule is Cc1ccccc1N1C(=O)c2ccccc2[C@H](C=N[C@@H]2CCS(=O)(=O)C2)C1=O. The van der Waals surface area contributed by atoms with E-state index in [1.165, 1.54) is 11.1 Å². The molecule has 2 aromatic rings. The second-order valence-electron chi connectivity index (χ2n) is 7.19. The molecule has 144 valence electrons. The highest BCUT2D eigenvalue weighted by Crippen LogP contribution is 2.33. The molecule has 2 amide bonds. The summed E-state index contributed by atoms with van der Waals surface area (Å²) >= 11 is 0. The number of hydrogen-bond acceptors (Lipinski definition) is 5. The van der Waals surface area contributed by atoms with E-state index in [0.717, 1.165) is 5.56 Å². The molecular weight excluding hydrogens is 376 g/mol. The Balaban J connectivity index is 1.75. The van der Waals surface area contributed by atoms with Gasteiger partial charge in [-0.2, -0.15) is 0 Å². The van der Waals surface area contributed by atoms with Crippen LogP contribution in [0.25, 0.3) is 0 Å². The number of amides is 2. The number of hydrogen-bond donors (Lipinski definition) is 0. The van der Waals surface area contributed by atoms with E-state index in [1.54, 1.807) is 36.4 Å². The highest BCUT2D eigenvalue weighted by molar-refractivity contribution is 7.91. The summed E-state index contributed by atoms with van der Waals surface area (Å²) in [4.78, 5) is 31.9. The van der Waals surface area contributed by atoms with Crippen molar-refractivity contribution in [3.63, 3.8) is 0 Å². The average molecular weight is 396 g/mol. The number of rotatable bonds is 3. The van der Waals surface area contributed by atoms with Gasteiger partial charge in [-0.05, 0) is 36.6 Å². The Kier molecular flexibility index (Phi) is 4.63. The van der Waals surface area contributed by atoms with Gasteiger partial charge in [-0.15, -0.1) is 0 Å². The van der Waals surface area contributed by atoms with E-state index < -0.39 is 15.8 Å². The summed E-state index contributed by atoms with van der Waals surface area (Å²) in [5, 5.41) is 0. The number of carbonyl (C=O) groups excluding carboxylic acids is 2. The molecule has 0 radical (unpaired) electrons. The fraction of sp³-hybridized carbons (Fsp3) is 0.286. The number of aliphatic imine (C=N–C) groups is 1. The maximum Gasteiger partial charge on any atom is 0.265 e. The zero-order valence-electron chi connectivity index (χ0n) is 15.4. The number of benzene rings is 2. The van der Waals surface area contributed by atoms with Crippen molar-refractivity contribution in [2.75, 3.05) is 16.4 Å². The van der Waals surface area contributed by atoms with Crippen LogP contribution < -0.4 is 4.90 Å². The van der Waals surface area contributed by atoms with Crippen molar-refractivity contribution in [2.24, 2.45) is 4.99 Å². The summed E-state index contributed by atoms with van der Waals surface area (Å²) in [6, 6.07) is 13.9. The fourth-order valence-corrected chi connectivity index (χ4v) is 5.38. The van der Waals surface area contributed by atoms with Crippen LogP contribution in [0.3, 0.4) is 0 Å². The highest BCUT2D eigenvalue weighted by Gasteiger charge is 2.39. The van der Waals surface area contributed by atoms with E-state index in [0.29, 0.717) is 23.2 Å². The van der Waals surface area contributed by atoms with Crippen LogP contribution in [0.2, 0.25) is 0 Å². The minimum absolute atomic E-state index is 0.00644. The van der Waals surface area contributed by atoms with Gasteiger partial charge < -0.3 is 0 Å². The number of nitrogens with zero attached hydrogens (tertiary/aromatic N) is 2. The highest BCUT2D eigenvalue weighted by atomic mass is 32.2. The van der Waals surface area contributed by atoms with Gasteiger partial charge in [-0.3, -0.25) is 14.6 Å². The lowest BCUT2D eigenvalue weighted by molar-refractivity contribution is -0.118. The van der Waals surface area contributed by atoms with Crippen molar-refractivity contribution in [1.82, 2.24) is 0 Å². The molecule has 0 unspecified atom stereocenters. The monoisotopic (exact) mass is 396 g/mol. The van der Waals surface area contributed by atoms with Crippen molar-refractivity contribution >= 4 is 33.6 Å². The second kappa shape index (κ2) is 6.98. The van der Waals surface area contributed by atoms with Gasteiger partial charge in [-0.25, -0.2) is 13.3 Å². The Morgan fingerprint density at radius 2 is 1.79 bits per heavy atom. The number of sulfone groups is 1. The third kappa shape index (κ3) is 3.26. The topological polar surface area (TPSA) is 83.9 Å². The van der Waals surface area contributed by atoms with Crippen molar-refractivity contribution in [3.8, 4) is 0 Å². The van der Waals surface area contributed by atoms with Gasteiger partial charge in [0.25, 0.3) is 5.91 Å². The van der Waals surface area contributed by atoms with E-state index >= 15 is 0 Å². The van der Waals surface area contributed by atoms with Gasteiger partial charge in [-0.1, -0.05) is 36.4 Å². The molecule has 2 aromatic carbocycles. The Labute approximate surface area is 163 Å². The summed E-state index contributed by atoms with van der Waals surface area (Å²) in [6.07, 6.45) is 1.98. The molecule has 0 spiro atoms. The van der Waals surface area contributed by atoms with E-state index in [1.807, 2.05) is 19.1 Å². The summed E-state index contributed by atoms with van der Waals surface area (Å²) in [6.45, 7) is 1.85. The van der Waals surface area contributed by atoms with Crippen LogP contribution in [0.15, 0.2) is 53.5 Å². The van der Waals surface area contributed by atoms with Gasteiger partial charge in [0.05, 0.1) is 29.2 Å². The van der Waals surface area contributed by atoms with Gasteiger partial charge in [0, 0.05) is 11.8 Å². The van der Waals surface area contributed by atoms with Crippen molar-refractivity contribution in [2.45, 2.75) is 25.3 Å². The van der Waals surface area contributed by atoms with Crippen LogP contribution in [0.4, 0.5) is 5.69 Å². The lowest BCUT2D eigenvalue weighted by atomic mass is 9.88. The first-order valence-electron chi connectivity index (χ1n) is 9.14. The molecule has 0 bridgehead atoms. The molecule has 1 fully saturated rings. The van der Waals surface area contributed by atoms with Gasteiger partial charge in [0.15, 0.2) is 9.84 Å². The van der Waals surface area contributed by atoms with Crippen LogP contribution in [0.1, 0.15) is 33.8 Å². The molecule has 0 saturated carbocycles. The molecule has 28 heavy (non-hydrogen) atoms. The zero-order valence-corrected chi connectivity index (χ0v) is 16.2. The minimum Gasteiger partial charge on any atom is -0.292 e. The summed E-state index contributed by atoms with van der Waals surface area (Å²) in [5.41, 5.74) is 2.43. The molecule has 7 heteroatoms. The Morgan fingerprint density at radius 1 is 1.07 bits per heavy atom. The maximum absolute atomic E-state index is 13.3. The van der Waals surface area contributed by atoms with Gasteiger partial charge in [0.2, 0.25) is 5.91 Å². The first kappa shape index (κ1) is 18.6. The number of imide groups is 1. The predicted molar refractivity (Wildman–Crippen MR) is 108 cm³/mol. The number of para-hydroxylation sites is 1. The molecule has 0 N–H and O–H groups in total. The standard InChI is InChI=1S/C21H20N2O4S/c1-14-6-2-5-9-19(14)23-20(24)17-8-4-3-7-16(17)18(21(23)25)12-22-15-10-11-28(26,27)13-15/h2-9,12,15,18H,10-11,13H2,1H3/t15-,18+/m1/s1. The van der Waals surface area contributed by atoms with Crippen LogP contribution >= 0.6 is 0 Å². The lowest BCUT2D eigenvalue weighted by Gasteiger charge is -2.31. The first-order chi connectivity index (χ1) is 13.4. The van der Waals surface area contributed by atoms with E-state index in [-0.39, 0.29) is 29.4 Å². The second-order valence-corrected chi connectivity index (χ2v) is 9.41. The maximum atomic E-state index is 13.3. The largest absolute Gasteiger partial charge is 0.292 e. The molecule has 0 aliphatic carbocycles. The Hall–Kier alpha value is -2.80. The van der Waals surface area contributed by atoms with E-state index in [9.17, 15) is 18.0 Å². The molecule has 2 heterocycles. The van der Waals surface area contributed by atoms with Crippen LogP contribution in [0.5, 0.6) is 0 Å². The molecule has 2 aliphatic rings. The molecule has 2 atom stereocenters. The van der Waals surface area contributed by atoms with Crippen LogP contribution in [-0.2, 0) is 14.6 Å². The number of fused-ring (bicyclic) bond motifs is 1. The molecule has 0 aromatic heterocycles. The van der Waals surface area contributed by atoms with Crippen LogP contribution in [0, 0.1) is 6.92 Å². The molecule has 1 saturated heterocycles. The fourth-order valence-electron chi connectivity index (χ4n) is 3.74. The molecule has 4 rings (SSSR count). The molecular formula is C21H20N2O4S. The summed E-state index contributed by atoms with van der Waals surface area (Å²) in [5.74, 6) is -1.33. The third-order valence-electron chi connectivity index (χ3n) is 5.23. The zero-order chi connectivity index (χ0) is 19.9. The van der Waals surface area contributed by atoms with E-state index in [2.05, 4.69) is 4.99 Å². The normalized spacial score (nSPS) is 24.0. The Bertz CT molecular complexity index is 1090. The first-order valence-corrected chi connectivity index (χ1v) is 11.0. The van der Waals surface area contributed by atoms with Gasteiger partial charge >= 0.3 is 0 Å². The lowest BCUT2D eigenvalue weighted by Crippen LogP contribution is -2.46. The third-order valence-corrected chi connectivity index (χ3v) is 6.98. The smallest absolute Gasteiger partial charge is 0.265 e. The minimum atomic E-state index is -3.05. The Morgan fingerprint density at radius 3 is 2.50 bits per heavy atom. The van der Waals surface area contributed by atoms with E-state index in [4.69, 9.17) is 0 Å². The van der Waals surface area contributed by atoms with Crippen molar-refractivity contribution < 1.29 is 18.0 Å². The average Bonchev–Trinajstić information content (AvgIpc) is 3.02. The van der Waals surface area contributed by atoms with Crippen molar-refractivity contribution in [3.05, 3.63) is 65.2 Å². The molecule has 2 aliphatic heterocycles. The number of carbonyl (C=O) groups is 2. The molecule has 6 nitrogen and oxygen atoms in total. The quantitative estimate of drug-likeness (QED) is 0.590.